The standard InChI is InChI=1S/C31H29NO6/c1-17(2)16-37-25-13-9-21(15-26(25)36-5)28-27-29(34)23-14-18(3)6-12-24(23)38-30(27)31(35)32(28)22-10-7-20(8-11-22)19(4)33/h6-15,17,28H,16H2,1-5H3. The SMILES string of the molecule is COc1cc(C2c3c(oc4ccc(C)cc4c3=O)C(=O)N2c2ccc(C(C)=O)cc2)ccc1OCC(C)C. The van der Waals surface area contributed by atoms with Crippen molar-refractivity contribution in [1.82, 2.24) is 0 Å². The molecule has 1 aliphatic heterocycles. The molecule has 0 N–H and O–H groups in total. The van der Waals surface area contributed by atoms with Crippen molar-refractivity contribution in [2.24, 2.45) is 5.92 Å². The molecule has 4 aromatic rings. The number of ether oxygens (including phenoxy) is 2. The van der Waals surface area contributed by atoms with Gasteiger partial charge in [0.05, 0.1) is 30.7 Å². The summed E-state index contributed by atoms with van der Waals surface area (Å²) in [7, 11) is 1.55. The molecular formula is C31H29NO6. The highest BCUT2D eigenvalue weighted by molar-refractivity contribution is 6.11. The Morgan fingerprint density at radius 1 is 1.00 bits per heavy atom. The van der Waals surface area contributed by atoms with E-state index >= 15 is 0 Å². The summed E-state index contributed by atoms with van der Waals surface area (Å²) in [4.78, 5) is 41.1. The number of methoxy groups -OCH3 is 1. The van der Waals surface area contributed by atoms with Gasteiger partial charge in [-0.2, -0.15) is 0 Å². The zero-order valence-corrected chi connectivity index (χ0v) is 22.0. The first kappa shape index (κ1) is 25.3. The number of amides is 1. The van der Waals surface area contributed by atoms with Gasteiger partial charge in [-0.25, -0.2) is 0 Å². The molecule has 5 rings (SSSR count). The van der Waals surface area contributed by atoms with Crippen LogP contribution >= 0.6 is 0 Å². The summed E-state index contributed by atoms with van der Waals surface area (Å²) in [5.74, 6) is 0.896. The van der Waals surface area contributed by atoms with E-state index in [-0.39, 0.29) is 22.5 Å². The molecule has 2 heterocycles. The number of hydrogen-bond donors (Lipinski definition) is 0. The van der Waals surface area contributed by atoms with E-state index in [0.717, 1.165) is 5.56 Å². The maximum absolute atomic E-state index is 13.9. The van der Waals surface area contributed by atoms with E-state index in [9.17, 15) is 14.4 Å². The monoisotopic (exact) mass is 511 g/mol. The highest BCUT2D eigenvalue weighted by Crippen LogP contribution is 2.43. The van der Waals surface area contributed by atoms with Crippen LogP contribution in [-0.2, 0) is 0 Å². The smallest absolute Gasteiger partial charge is 0.295 e. The van der Waals surface area contributed by atoms with Crippen LogP contribution in [0.5, 0.6) is 11.5 Å². The molecule has 1 amide bonds. The highest BCUT2D eigenvalue weighted by atomic mass is 16.5. The normalized spacial score (nSPS) is 14.7. The summed E-state index contributed by atoms with van der Waals surface area (Å²) in [5.41, 5.74) is 3.01. The second kappa shape index (κ2) is 9.82. The minimum Gasteiger partial charge on any atom is -0.493 e. The largest absolute Gasteiger partial charge is 0.493 e. The first-order chi connectivity index (χ1) is 18.2. The third-order valence-electron chi connectivity index (χ3n) is 6.65. The fourth-order valence-electron chi connectivity index (χ4n) is 4.76. The Morgan fingerprint density at radius 3 is 2.39 bits per heavy atom. The van der Waals surface area contributed by atoms with Gasteiger partial charge in [-0.05, 0) is 73.9 Å². The van der Waals surface area contributed by atoms with Gasteiger partial charge in [-0.15, -0.1) is 0 Å². The Morgan fingerprint density at radius 2 is 1.74 bits per heavy atom. The van der Waals surface area contributed by atoms with Gasteiger partial charge in [0.1, 0.15) is 5.58 Å². The lowest BCUT2D eigenvalue weighted by molar-refractivity contribution is 0.0970. The maximum atomic E-state index is 13.9. The summed E-state index contributed by atoms with van der Waals surface area (Å²) in [5, 5.41) is 0.416. The van der Waals surface area contributed by atoms with Crippen LogP contribution in [-0.4, -0.2) is 25.4 Å². The summed E-state index contributed by atoms with van der Waals surface area (Å²) >= 11 is 0. The first-order valence-electron chi connectivity index (χ1n) is 12.5. The molecule has 0 spiro atoms. The van der Waals surface area contributed by atoms with Crippen LogP contribution in [0, 0.1) is 12.8 Å². The van der Waals surface area contributed by atoms with Crippen LogP contribution in [0.3, 0.4) is 0 Å². The van der Waals surface area contributed by atoms with Crippen molar-refractivity contribution in [3.63, 3.8) is 0 Å². The second-order valence-electron chi connectivity index (χ2n) is 9.97. The number of anilines is 1. The number of benzene rings is 3. The van der Waals surface area contributed by atoms with E-state index in [1.165, 1.54) is 11.8 Å². The molecule has 1 unspecified atom stereocenters. The van der Waals surface area contributed by atoms with Crippen molar-refractivity contribution in [3.05, 3.63) is 98.9 Å². The third-order valence-corrected chi connectivity index (χ3v) is 6.65. The summed E-state index contributed by atoms with van der Waals surface area (Å²) in [6.45, 7) is 8.02. The zero-order valence-electron chi connectivity index (χ0n) is 22.0. The fraction of sp³-hybridized carbons (Fsp3) is 0.258. The van der Waals surface area contributed by atoms with Gasteiger partial charge in [-0.1, -0.05) is 31.5 Å². The molecule has 0 saturated carbocycles. The Balaban J connectivity index is 1.72. The van der Waals surface area contributed by atoms with Crippen LogP contribution in [0.15, 0.2) is 69.9 Å². The van der Waals surface area contributed by atoms with E-state index in [2.05, 4.69) is 13.8 Å². The van der Waals surface area contributed by atoms with Crippen molar-refractivity contribution in [2.45, 2.75) is 33.7 Å². The molecule has 7 nitrogen and oxygen atoms in total. The summed E-state index contributed by atoms with van der Waals surface area (Å²) in [6.07, 6.45) is 0. The summed E-state index contributed by atoms with van der Waals surface area (Å²) < 4.78 is 17.6. The Bertz CT molecular complexity index is 1620. The lowest BCUT2D eigenvalue weighted by atomic mass is 9.97. The number of carbonyl (C=O) groups is 2. The lowest BCUT2D eigenvalue weighted by Crippen LogP contribution is -2.29. The number of hydrogen-bond acceptors (Lipinski definition) is 6. The van der Waals surface area contributed by atoms with Crippen LogP contribution < -0.4 is 19.8 Å². The molecule has 38 heavy (non-hydrogen) atoms. The fourth-order valence-corrected chi connectivity index (χ4v) is 4.76. The van der Waals surface area contributed by atoms with E-state index < -0.39 is 11.9 Å². The molecule has 194 valence electrons. The number of aryl methyl sites for hydroxylation is 1. The molecule has 0 aliphatic carbocycles. The quantitative estimate of drug-likeness (QED) is 0.279. The number of fused-ring (bicyclic) bond motifs is 2. The Labute approximate surface area is 220 Å². The van der Waals surface area contributed by atoms with Gasteiger partial charge in [-0.3, -0.25) is 19.3 Å². The van der Waals surface area contributed by atoms with Crippen molar-refractivity contribution < 1.29 is 23.5 Å². The van der Waals surface area contributed by atoms with Crippen molar-refractivity contribution in [2.75, 3.05) is 18.6 Å². The van der Waals surface area contributed by atoms with Crippen molar-refractivity contribution in [1.29, 1.82) is 0 Å². The minimum atomic E-state index is -0.769. The molecular weight excluding hydrogens is 482 g/mol. The molecule has 1 aliphatic rings. The van der Waals surface area contributed by atoms with Gasteiger partial charge in [0.15, 0.2) is 22.7 Å². The lowest BCUT2D eigenvalue weighted by Gasteiger charge is -2.26. The summed E-state index contributed by atoms with van der Waals surface area (Å²) in [6, 6.07) is 16.7. The molecule has 0 radical (unpaired) electrons. The van der Waals surface area contributed by atoms with E-state index in [1.807, 2.05) is 19.1 Å². The minimum absolute atomic E-state index is 0.00565. The van der Waals surface area contributed by atoms with Crippen LogP contribution in [0.1, 0.15) is 64.4 Å². The van der Waals surface area contributed by atoms with Crippen LogP contribution in [0.4, 0.5) is 5.69 Å². The molecule has 1 aromatic heterocycles. The zero-order chi connectivity index (χ0) is 27.1. The van der Waals surface area contributed by atoms with Gasteiger partial charge in [0.25, 0.3) is 5.91 Å². The average Bonchev–Trinajstić information content (AvgIpc) is 3.20. The predicted octanol–water partition coefficient (Wildman–Crippen LogP) is 6.10. The number of Topliss-reactive ketones (excluding diaryl/α,β-unsaturated/α-hetero) is 1. The Kier molecular flexibility index (Phi) is 6.53. The molecule has 0 fully saturated rings. The third kappa shape index (κ3) is 4.34. The number of carbonyl (C=O) groups excluding carboxylic acids is 2. The molecule has 7 heteroatoms. The van der Waals surface area contributed by atoms with Gasteiger partial charge in [0.2, 0.25) is 5.76 Å². The van der Waals surface area contributed by atoms with Crippen LogP contribution in [0.2, 0.25) is 0 Å². The molecule has 1 atom stereocenters. The van der Waals surface area contributed by atoms with Gasteiger partial charge in [0, 0.05) is 11.3 Å². The molecule has 0 bridgehead atoms. The van der Waals surface area contributed by atoms with Crippen molar-refractivity contribution >= 4 is 28.3 Å². The van der Waals surface area contributed by atoms with E-state index in [4.69, 9.17) is 13.9 Å². The first-order valence-corrected chi connectivity index (χ1v) is 12.5. The van der Waals surface area contributed by atoms with E-state index in [1.54, 1.807) is 55.6 Å². The average molecular weight is 512 g/mol. The van der Waals surface area contributed by atoms with Gasteiger partial charge >= 0.3 is 0 Å². The van der Waals surface area contributed by atoms with Crippen LogP contribution in [0.25, 0.3) is 11.0 Å². The number of rotatable bonds is 7. The maximum Gasteiger partial charge on any atom is 0.295 e. The Hall–Kier alpha value is -4.39. The molecule has 0 saturated heterocycles. The van der Waals surface area contributed by atoms with Crippen molar-refractivity contribution in [3.8, 4) is 11.5 Å². The van der Waals surface area contributed by atoms with E-state index in [0.29, 0.717) is 51.8 Å². The predicted molar refractivity (Wildman–Crippen MR) is 146 cm³/mol. The van der Waals surface area contributed by atoms with Gasteiger partial charge < -0.3 is 13.9 Å². The topological polar surface area (TPSA) is 86.0 Å². The highest BCUT2D eigenvalue weighted by Gasteiger charge is 2.44. The number of nitrogens with zero attached hydrogens (tertiary/aromatic N) is 1. The molecule has 3 aromatic carbocycles. The second-order valence-corrected chi connectivity index (χ2v) is 9.97. The number of ketones is 1.